The van der Waals surface area contributed by atoms with Gasteiger partial charge in [0.2, 0.25) is 11.8 Å². The first-order chi connectivity index (χ1) is 13.9. The van der Waals surface area contributed by atoms with Gasteiger partial charge < -0.3 is 15.5 Å². The summed E-state index contributed by atoms with van der Waals surface area (Å²) in [6.07, 6.45) is 0. The Hall–Kier alpha value is -3.19. The van der Waals surface area contributed by atoms with Crippen molar-refractivity contribution in [1.82, 2.24) is 9.80 Å². The number of hydrogen-bond donors (Lipinski definition) is 2. The first-order valence-electron chi connectivity index (χ1n) is 9.67. The molecular weight excluding hydrogens is 368 g/mol. The minimum atomic E-state index is -0.276. The van der Waals surface area contributed by atoms with Crippen LogP contribution in [0.15, 0.2) is 48.5 Å². The number of aryl methyl sites for hydroxylation is 1. The third kappa shape index (κ3) is 5.65. The average Bonchev–Trinajstić information content (AvgIpc) is 2.68. The van der Waals surface area contributed by atoms with Gasteiger partial charge in [-0.1, -0.05) is 24.3 Å². The summed E-state index contributed by atoms with van der Waals surface area (Å²) in [6.45, 7) is 6.29. The molecule has 0 unspecified atom stereocenters. The predicted octanol–water partition coefficient (Wildman–Crippen LogP) is 2.35. The fraction of sp³-hybridized carbons (Fsp3) is 0.318. The Labute approximate surface area is 170 Å². The largest absolute Gasteiger partial charge is 0.340 e. The maximum atomic E-state index is 12.7. The molecule has 152 valence electrons. The van der Waals surface area contributed by atoms with Crippen molar-refractivity contribution in [2.45, 2.75) is 13.8 Å². The predicted molar refractivity (Wildman–Crippen MR) is 113 cm³/mol. The lowest BCUT2D eigenvalue weighted by Gasteiger charge is -2.33. The Kier molecular flexibility index (Phi) is 6.61. The Bertz CT molecular complexity index is 904. The van der Waals surface area contributed by atoms with E-state index in [-0.39, 0.29) is 24.3 Å². The highest BCUT2D eigenvalue weighted by atomic mass is 16.2. The van der Waals surface area contributed by atoms with Crippen LogP contribution in [-0.2, 0) is 9.59 Å². The average molecular weight is 394 g/mol. The third-order valence-electron chi connectivity index (χ3n) is 4.91. The van der Waals surface area contributed by atoms with Crippen LogP contribution >= 0.6 is 0 Å². The van der Waals surface area contributed by atoms with E-state index in [1.807, 2.05) is 36.1 Å². The van der Waals surface area contributed by atoms with Crippen LogP contribution in [0.2, 0.25) is 0 Å². The molecule has 0 radical (unpaired) electrons. The van der Waals surface area contributed by atoms with Gasteiger partial charge in [-0.15, -0.1) is 0 Å². The molecule has 0 bridgehead atoms. The number of nitrogens with one attached hydrogen (secondary N) is 2. The summed E-state index contributed by atoms with van der Waals surface area (Å²) >= 11 is 0. The van der Waals surface area contributed by atoms with E-state index < -0.39 is 0 Å². The molecule has 7 heteroatoms. The highest BCUT2D eigenvalue weighted by Gasteiger charge is 2.21. The molecule has 0 saturated carbocycles. The molecule has 1 fully saturated rings. The topological polar surface area (TPSA) is 81.8 Å². The fourth-order valence-corrected chi connectivity index (χ4v) is 3.33. The molecule has 1 aliphatic rings. The molecule has 7 nitrogen and oxygen atoms in total. The number of carbonyl (C=O) groups is 3. The van der Waals surface area contributed by atoms with Crippen LogP contribution in [0, 0.1) is 6.92 Å². The van der Waals surface area contributed by atoms with Crippen LogP contribution in [0.1, 0.15) is 22.8 Å². The normalized spacial score (nSPS) is 14.3. The summed E-state index contributed by atoms with van der Waals surface area (Å²) in [5, 5.41) is 5.72. The summed E-state index contributed by atoms with van der Waals surface area (Å²) in [5.74, 6) is -0.402. The van der Waals surface area contributed by atoms with Crippen molar-refractivity contribution >= 4 is 29.1 Å². The first-order valence-corrected chi connectivity index (χ1v) is 9.67. The van der Waals surface area contributed by atoms with Crippen molar-refractivity contribution < 1.29 is 14.4 Å². The van der Waals surface area contributed by atoms with Gasteiger partial charge in [-0.05, 0) is 36.8 Å². The van der Waals surface area contributed by atoms with Gasteiger partial charge in [-0.3, -0.25) is 19.3 Å². The molecule has 2 aromatic rings. The molecule has 1 heterocycles. The lowest BCUT2D eigenvalue weighted by molar-refractivity contribution is -0.130. The minimum absolute atomic E-state index is 0.0580. The molecule has 0 atom stereocenters. The van der Waals surface area contributed by atoms with Crippen molar-refractivity contribution in [1.29, 1.82) is 0 Å². The number of piperazine rings is 1. The van der Waals surface area contributed by atoms with Gasteiger partial charge in [-0.2, -0.15) is 0 Å². The van der Waals surface area contributed by atoms with Gasteiger partial charge >= 0.3 is 0 Å². The van der Waals surface area contributed by atoms with Crippen LogP contribution in [-0.4, -0.2) is 60.2 Å². The Morgan fingerprint density at radius 3 is 2.34 bits per heavy atom. The SMILES string of the molecule is CC(=O)N1CCN(CC(=O)Nc2ccccc2C(=O)Nc2cccc(C)c2)CC1. The number of anilines is 2. The molecule has 1 aliphatic heterocycles. The van der Waals surface area contributed by atoms with Gasteiger partial charge in [0.15, 0.2) is 0 Å². The summed E-state index contributed by atoms with van der Waals surface area (Å²) in [5.41, 5.74) is 2.64. The monoisotopic (exact) mass is 394 g/mol. The van der Waals surface area contributed by atoms with E-state index in [1.165, 1.54) is 0 Å². The zero-order chi connectivity index (χ0) is 20.8. The van der Waals surface area contributed by atoms with E-state index >= 15 is 0 Å². The van der Waals surface area contributed by atoms with E-state index in [2.05, 4.69) is 10.6 Å². The van der Waals surface area contributed by atoms with Crippen LogP contribution < -0.4 is 10.6 Å². The van der Waals surface area contributed by atoms with Gasteiger partial charge in [-0.25, -0.2) is 0 Å². The van der Waals surface area contributed by atoms with E-state index in [9.17, 15) is 14.4 Å². The van der Waals surface area contributed by atoms with Crippen molar-refractivity contribution in [2.24, 2.45) is 0 Å². The highest BCUT2D eigenvalue weighted by molar-refractivity contribution is 6.10. The Morgan fingerprint density at radius 2 is 1.66 bits per heavy atom. The zero-order valence-electron chi connectivity index (χ0n) is 16.8. The van der Waals surface area contributed by atoms with E-state index in [0.717, 1.165) is 5.56 Å². The Morgan fingerprint density at radius 1 is 0.931 bits per heavy atom. The van der Waals surface area contributed by atoms with Crippen LogP contribution in [0.4, 0.5) is 11.4 Å². The standard InChI is InChI=1S/C22H26N4O3/c1-16-6-5-7-18(14-16)23-22(29)19-8-3-4-9-20(19)24-21(28)15-25-10-12-26(13-11-25)17(2)27/h3-9,14H,10-13,15H2,1-2H3,(H,23,29)(H,24,28). The highest BCUT2D eigenvalue weighted by Crippen LogP contribution is 2.18. The maximum absolute atomic E-state index is 12.7. The van der Waals surface area contributed by atoms with Crippen LogP contribution in [0.25, 0.3) is 0 Å². The smallest absolute Gasteiger partial charge is 0.257 e. The number of carbonyl (C=O) groups excluding carboxylic acids is 3. The Balaban J connectivity index is 1.61. The van der Waals surface area contributed by atoms with Crippen LogP contribution in [0.3, 0.4) is 0 Å². The lowest BCUT2D eigenvalue weighted by atomic mass is 10.1. The van der Waals surface area contributed by atoms with Gasteiger partial charge in [0.05, 0.1) is 17.8 Å². The molecule has 0 aliphatic carbocycles. The molecule has 2 aromatic carbocycles. The number of benzene rings is 2. The van der Waals surface area contributed by atoms with Crippen LogP contribution in [0.5, 0.6) is 0 Å². The summed E-state index contributed by atoms with van der Waals surface area (Å²) in [4.78, 5) is 40.4. The molecule has 3 rings (SSSR count). The van der Waals surface area contributed by atoms with Crippen molar-refractivity contribution in [2.75, 3.05) is 43.4 Å². The number of para-hydroxylation sites is 1. The lowest BCUT2D eigenvalue weighted by Crippen LogP contribution is -2.49. The van der Waals surface area contributed by atoms with Gasteiger partial charge in [0, 0.05) is 38.8 Å². The van der Waals surface area contributed by atoms with Crippen molar-refractivity contribution in [3.05, 3.63) is 59.7 Å². The second-order valence-corrected chi connectivity index (χ2v) is 7.20. The second-order valence-electron chi connectivity index (χ2n) is 7.20. The maximum Gasteiger partial charge on any atom is 0.257 e. The van der Waals surface area contributed by atoms with Crippen molar-refractivity contribution in [3.63, 3.8) is 0 Å². The molecule has 0 aromatic heterocycles. The number of hydrogen-bond acceptors (Lipinski definition) is 4. The molecule has 1 saturated heterocycles. The van der Waals surface area contributed by atoms with Gasteiger partial charge in [0.1, 0.15) is 0 Å². The molecule has 29 heavy (non-hydrogen) atoms. The van der Waals surface area contributed by atoms with E-state index in [0.29, 0.717) is 43.1 Å². The summed E-state index contributed by atoms with van der Waals surface area (Å²) in [7, 11) is 0. The number of rotatable bonds is 5. The van der Waals surface area contributed by atoms with Crippen molar-refractivity contribution in [3.8, 4) is 0 Å². The number of amides is 3. The summed E-state index contributed by atoms with van der Waals surface area (Å²) in [6, 6.07) is 14.5. The van der Waals surface area contributed by atoms with E-state index in [1.54, 1.807) is 36.1 Å². The number of nitrogens with zero attached hydrogens (tertiary/aromatic N) is 2. The summed E-state index contributed by atoms with van der Waals surface area (Å²) < 4.78 is 0. The fourth-order valence-electron chi connectivity index (χ4n) is 3.33. The second kappa shape index (κ2) is 9.34. The van der Waals surface area contributed by atoms with E-state index in [4.69, 9.17) is 0 Å². The third-order valence-corrected chi connectivity index (χ3v) is 4.91. The van der Waals surface area contributed by atoms with Gasteiger partial charge in [0.25, 0.3) is 5.91 Å². The molecule has 0 spiro atoms. The first kappa shape index (κ1) is 20.5. The molecule has 3 amide bonds. The quantitative estimate of drug-likeness (QED) is 0.816. The minimum Gasteiger partial charge on any atom is -0.340 e. The zero-order valence-corrected chi connectivity index (χ0v) is 16.8. The molecular formula is C22H26N4O3. The molecule has 2 N–H and O–H groups in total.